The molecule has 8 nitrogen and oxygen atoms in total. The topological polar surface area (TPSA) is 113 Å². The lowest BCUT2D eigenvalue weighted by atomic mass is 9.80. The Kier molecular flexibility index (Phi) is 7.32. The summed E-state index contributed by atoms with van der Waals surface area (Å²) in [5.41, 5.74) is 0.0289. The number of para-hydroxylation sites is 1. The Hall–Kier alpha value is -2.72. The lowest BCUT2D eigenvalue weighted by Gasteiger charge is -2.39. The molecule has 2 N–H and O–H groups in total. The Balaban J connectivity index is 1.47. The summed E-state index contributed by atoms with van der Waals surface area (Å²) in [6.07, 6.45) is 5.22. The number of carbonyl (C=O) groups excluding carboxylic acids is 3. The van der Waals surface area contributed by atoms with Gasteiger partial charge < -0.3 is 15.5 Å². The van der Waals surface area contributed by atoms with Crippen LogP contribution in [-0.2, 0) is 19.4 Å². The SMILES string of the molecule is Cc1sccc1C(=O)NC1(C(=O)NC2CCN(c3ccccc3S(C)(=O)=O)CC2=O)CCCCC1. The molecule has 188 valence electrons. The third kappa shape index (κ3) is 5.43. The number of aryl methyl sites for hydroxylation is 1. The number of Topliss-reactive ketones (excluding diaryl/α,β-unsaturated/α-hetero) is 1. The molecule has 1 aliphatic carbocycles. The largest absolute Gasteiger partial charge is 0.363 e. The molecular formula is C25H31N3O5S2. The maximum Gasteiger partial charge on any atom is 0.253 e. The number of rotatable bonds is 6. The van der Waals surface area contributed by atoms with E-state index in [-0.39, 0.29) is 29.0 Å². The number of amides is 2. The summed E-state index contributed by atoms with van der Waals surface area (Å²) < 4.78 is 24.4. The van der Waals surface area contributed by atoms with E-state index in [9.17, 15) is 22.8 Å². The Morgan fingerprint density at radius 2 is 1.83 bits per heavy atom. The van der Waals surface area contributed by atoms with Crippen LogP contribution in [0.5, 0.6) is 0 Å². The highest BCUT2D eigenvalue weighted by molar-refractivity contribution is 7.90. The van der Waals surface area contributed by atoms with E-state index < -0.39 is 21.4 Å². The zero-order chi connectivity index (χ0) is 25.2. The minimum atomic E-state index is -3.45. The van der Waals surface area contributed by atoms with Crippen LogP contribution in [0.3, 0.4) is 0 Å². The van der Waals surface area contributed by atoms with Crippen molar-refractivity contribution < 1.29 is 22.8 Å². The molecule has 0 radical (unpaired) electrons. The standard InChI is InChI=1S/C25H31N3O5S2/c1-17-18(11-15-34-17)23(30)27-25(12-6-3-7-13-25)24(31)26-19-10-14-28(16-21(19)29)20-8-4-5-9-22(20)35(2,32)33/h4-5,8-9,11,15,19H,3,6-7,10,12-14,16H2,1-2H3,(H,26,31)(H,27,30). The van der Waals surface area contributed by atoms with E-state index in [2.05, 4.69) is 10.6 Å². The summed E-state index contributed by atoms with van der Waals surface area (Å²) in [5, 5.41) is 7.78. The molecule has 1 saturated heterocycles. The van der Waals surface area contributed by atoms with Gasteiger partial charge in [0.25, 0.3) is 5.91 Å². The molecule has 1 atom stereocenters. The first kappa shape index (κ1) is 25.4. The van der Waals surface area contributed by atoms with E-state index >= 15 is 0 Å². The average Bonchev–Trinajstić information content (AvgIpc) is 3.26. The molecule has 2 amide bonds. The highest BCUT2D eigenvalue weighted by Gasteiger charge is 2.43. The van der Waals surface area contributed by atoms with E-state index in [4.69, 9.17) is 0 Å². The normalized spacial score (nSPS) is 20.3. The Bertz CT molecular complexity index is 1230. The number of anilines is 1. The van der Waals surface area contributed by atoms with Crippen molar-refractivity contribution >= 4 is 44.5 Å². The van der Waals surface area contributed by atoms with Gasteiger partial charge in [-0.05, 0) is 49.8 Å². The van der Waals surface area contributed by atoms with Crippen molar-refractivity contribution in [2.45, 2.75) is 61.9 Å². The molecule has 35 heavy (non-hydrogen) atoms. The number of nitrogens with zero attached hydrogens (tertiary/aromatic N) is 1. The second-order valence-corrected chi connectivity index (χ2v) is 12.5. The van der Waals surface area contributed by atoms with Gasteiger partial charge in [0.15, 0.2) is 15.6 Å². The number of thiophene rings is 1. The fraction of sp³-hybridized carbons (Fsp3) is 0.480. The minimum absolute atomic E-state index is 0.00490. The molecule has 1 aromatic heterocycles. The van der Waals surface area contributed by atoms with Gasteiger partial charge in [0.2, 0.25) is 5.91 Å². The van der Waals surface area contributed by atoms with Gasteiger partial charge in [-0.3, -0.25) is 14.4 Å². The lowest BCUT2D eigenvalue weighted by molar-refractivity contribution is -0.133. The van der Waals surface area contributed by atoms with Crippen LogP contribution in [0, 0.1) is 6.92 Å². The molecule has 1 unspecified atom stereocenters. The van der Waals surface area contributed by atoms with E-state index in [0.717, 1.165) is 30.4 Å². The molecule has 2 fully saturated rings. The van der Waals surface area contributed by atoms with Gasteiger partial charge in [-0.25, -0.2) is 8.42 Å². The van der Waals surface area contributed by atoms with Gasteiger partial charge in [-0.15, -0.1) is 11.3 Å². The van der Waals surface area contributed by atoms with E-state index in [1.807, 2.05) is 12.3 Å². The predicted molar refractivity (Wildman–Crippen MR) is 136 cm³/mol. The number of piperidine rings is 1. The highest BCUT2D eigenvalue weighted by Crippen LogP contribution is 2.31. The molecule has 0 spiro atoms. The Labute approximate surface area is 210 Å². The molecule has 1 aromatic carbocycles. The second kappa shape index (κ2) is 10.1. The monoisotopic (exact) mass is 517 g/mol. The summed E-state index contributed by atoms with van der Waals surface area (Å²) >= 11 is 1.48. The summed E-state index contributed by atoms with van der Waals surface area (Å²) in [7, 11) is -3.45. The number of hydrogen-bond acceptors (Lipinski definition) is 7. The number of carbonyl (C=O) groups is 3. The zero-order valence-electron chi connectivity index (χ0n) is 20.0. The molecule has 0 bridgehead atoms. The first-order valence-corrected chi connectivity index (χ1v) is 14.6. The third-order valence-electron chi connectivity index (χ3n) is 6.93. The average molecular weight is 518 g/mol. The van der Waals surface area contributed by atoms with Crippen molar-refractivity contribution in [3.05, 3.63) is 46.2 Å². The smallest absolute Gasteiger partial charge is 0.253 e. The Morgan fingerprint density at radius 3 is 2.46 bits per heavy atom. The number of nitrogens with one attached hydrogen (secondary N) is 2. The van der Waals surface area contributed by atoms with Gasteiger partial charge in [0.1, 0.15) is 5.54 Å². The maximum atomic E-state index is 13.5. The van der Waals surface area contributed by atoms with Crippen LogP contribution in [0.1, 0.15) is 53.8 Å². The fourth-order valence-corrected chi connectivity index (χ4v) is 6.58. The minimum Gasteiger partial charge on any atom is -0.363 e. The highest BCUT2D eigenvalue weighted by atomic mass is 32.2. The van der Waals surface area contributed by atoms with Gasteiger partial charge in [-0.1, -0.05) is 31.4 Å². The molecule has 1 aliphatic heterocycles. The lowest BCUT2D eigenvalue weighted by Crippen LogP contribution is -2.63. The maximum absolute atomic E-state index is 13.5. The van der Waals surface area contributed by atoms with E-state index in [1.165, 1.54) is 17.4 Å². The molecule has 2 aliphatic rings. The Morgan fingerprint density at radius 1 is 1.11 bits per heavy atom. The van der Waals surface area contributed by atoms with E-state index in [1.54, 1.807) is 29.2 Å². The van der Waals surface area contributed by atoms with Crippen LogP contribution in [0.25, 0.3) is 0 Å². The van der Waals surface area contributed by atoms with Crippen LogP contribution in [0.2, 0.25) is 0 Å². The summed E-state index contributed by atoms with van der Waals surface area (Å²) in [5.74, 6) is -0.764. The number of hydrogen-bond donors (Lipinski definition) is 2. The van der Waals surface area contributed by atoms with Crippen molar-refractivity contribution in [1.82, 2.24) is 10.6 Å². The molecule has 10 heteroatoms. The summed E-state index contributed by atoms with van der Waals surface area (Å²) in [4.78, 5) is 42.3. The molecule has 2 aromatic rings. The second-order valence-electron chi connectivity index (χ2n) is 9.43. The van der Waals surface area contributed by atoms with Crippen LogP contribution >= 0.6 is 11.3 Å². The number of benzene rings is 1. The van der Waals surface area contributed by atoms with Crippen molar-refractivity contribution in [3.63, 3.8) is 0 Å². The molecule has 1 saturated carbocycles. The van der Waals surface area contributed by atoms with Crippen LogP contribution in [0.4, 0.5) is 5.69 Å². The van der Waals surface area contributed by atoms with Gasteiger partial charge in [-0.2, -0.15) is 0 Å². The van der Waals surface area contributed by atoms with Gasteiger partial charge in [0, 0.05) is 17.7 Å². The van der Waals surface area contributed by atoms with Gasteiger partial charge >= 0.3 is 0 Å². The molecule has 2 heterocycles. The van der Waals surface area contributed by atoms with Crippen LogP contribution < -0.4 is 15.5 Å². The van der Waals surface area contributed by atoms with Crippen molar-refractivity contribution in [2.24, 2.45) is 0 Å². The van der Waals surface area contributed by atoms with Crippen LogP contribution in [-0.4, -0.2) is 56.9 Å². The first-order valence-electron chi connectivity index (χ1n) is 11.8. The zero-order valence-corrected chi connectivity index (χ0v) is 21.6. The van der Waals surface area contributed by atoms with E-state index in [0.29, 0.717) is 37.1 Å². The molecule has 4 rings (SSSR count). The third-order valence-corrected chi connectivity index (χ3v) is 8.92. The quantitative estimate of drug-likeness (QED) is 0.609. The number of sulfone groups is 1. The van der Waals surface area contributed by atoms with Crippen molar-refractivity contribution in [1.29, 1.82) is 0 Å². The summed E-state index contributed by atoms with van der Waals surface area (Å²) in [6, 6.07) is 7.71. The van der Waals surface area contributed by atoms with Crippen LogP contribution in [0.15, 0.2) is 40.6 Å². The van der Waals surface area contributed by atoms with Crippen molar-refractivity contribution in [3.8, 4) is 0 Å². The first-order chi connectivity index (χ1) is 16.6. The number of ketones is 1. The summed E-state index contributed by atoms with van der Waals surface area (Å²) in [6.45, 7) is 2.31. The fourth-order valence-electron chi connectivity index (χ4n) is 4.98. The molecular weight excluding hydrogens is 486 g/mol. The predicted octanol–water partition coefficient (Wildman–Crippen LogP) is 2.86. The van der Waals surface area contributed by atoms with Gasteiger partial charge in [0.05, 0.1) is 28.7 Å². The van der Waals surface area contributed by atoms with Crippen molar-refractivity contribution in [2.75, 3.05) is 24.2 Å².